The van der Waals surface area contributed by atoms with Gasteiger partial charge in [0.25, 0.3) is 0 Å². The van der Waals surface area contributed by atoms with E-state index in [1.165, 1.54) is 21.9 Å². The smallest absolute Gasteiger partial charge is 0.115 e. The summed E-state index contributed by atoms with van der Waals surface area (Å²) in [6.07, 6.45) is 4.06. The summed E-state index contributed by atoms with van der Waals surface area (Å²) in [6, 6.07) is 47.0. The van der Waals surface area contributed by atoms with E-state index in [2.05, 4.69) is 143 Å². The van der Waals surface area contributed by atoms with Gasteiger partial charge in [0.05, 0.1) is 22.1 Å². The van der Waals surface area contributed by atoms with E-state index >= 15 is 0 Å². The lowest BCUT2D eigenvalue weighted by atomic mass is 10.1. The number of pyridine rings is 2. The van der Waals surface area contributed by atoms with Gasteiger partial charge >= 0.3 is 0 Å². The third-order valence-corrected chi connectivity index (χ3v) is 8.39. The number of hydrogen-bond acceptors (Lipinski definition) is 2. The Balaban J connectivity index is 1.40. The fourth-order valence-corrected chi connectivity index (χ4v) is 6.53. The second kappa shape index (κ2) is 8.88. The molecule has 0 aliphatic carbocycles. The van der Waals surface area contributed by atoms with Crippen LogP contribution in [0, 0.1) is 0 Å². The first-order chi connectivity index (χ1) is 20.9. The van der Waals surface area contributed by atoms with E-state index in [-0.39, 0.29) is 0 Å². The molecule has 0 unspecified atom stereocenters. The third kappa shape index (κ3) is 3.23. The Morgan fingerprint density at radius 1 is 0.357 bits per heavy atom. The number of benzene rings is 5. The van der Waals surface area contributed by atoms with Gasteiger partial charge in [0.1, 0.15) is 11.0 Å². The van der Waals surface area contributed by atoms with Crippen LogP contribution in [0.2, 0.25) is 0 Å². The second-order valence-electron chi connectivity index (χ2n) is 10.7. The fraction of sp³-hybridized carbons (Fsp3) is 0. The molecule has 0 bridgehead atoms. The van der Waals surface area contributed by atoms with Gasteiger partial charge in [0.2, 0.25) is 0 Å². The fourth-order valence-electron chi connectivity index (χ4n) is 6.53. The Hall–Kier alpha value is -5.74. The summed E-state index contributed by atoms with van der Waals surface area (Å²) < 4.78 is 4.67. The van der Waals surface area contributed by atoms with Crippen LogP contribution >= 0.6 is 0 Å². The summed E-state index contributed by atoms with van der Waals surface area (Å²) >= 11 is 0. The minimum absolute atomic E-state index is 0.892. The number of fused-ring (bicyclic) bond motifs is 9. The molecule has 4 heterocycles. The molecule has 5 aromatic carbocycles. The molecule has 4 aromatic heterocycles. The van der Waals surface area contributed by atoms with Crippen LogP contribution < -0.4 is 0 Å². The third-order valence-electron chi connectivity index (χ3n) is 8.39. The molecular weight excluding hydrogens is 512 g/mol. The average molecular weight is 537 g/mol. The first kappa shape index (κ1) is 23.0. The first-order valence-electron chi connectivity index (χ1n) is 14.2. The van der Waals surface area contributed by atoms with Gasteiger partial charge in [-0.1, -0.05) is 97.1 Å². The number of rotatable bonds is 3. The van der Waals surface area contributed by atoms with Crippen molar-refractivity contribution in [3.63, 3.8) is 0 Å². The van der Waals surface area contributed by atoms with E-state index < -0.39 is 0 Å². The zero-order chi connectivity index (χ0) is 27.6. The number of nitrogens with zero attached hydrogens (tertiary/aromatic N) is 4. The van der Waals surface area contributed by atoms with E-state index in [0.29, 0.717) is 0 Å². The van der Waals surface area contributed by atoms with Crippen LogP contribution in [-0.4, -0.2) is 19.1 Å². The molecule has 0 N–H and O–H groups in total. The number of hydrogen-bond donors (Lipinski definition) is 0. The van der Waals surface area contributed by atoms with E-state index in [9.17, 15) is 0 Å². The van der Waals surface area contributed by atoms with Crippen LogP contribution in [0.4, 0.5) is 0 Å². The predicted octanol–water partition coefficient (Wildman–Crippen LogP) is 9.49. The highest BCUT2D eigenvalue weighted by Gasteiger charge is 2.21. The topological polar surface area (TPSA) is 35.6 Å². The van der Waals surface area contributed by atoms with Gasteiger partial charge in [0.15, 0.2) is 0 Å². The summed E-state index contributed by atoms with van der Waals surface area (Å²) in [5.41, 5.74) is 10.8. The monoisotopic (exact) mass is 536 g/mol. The molecular formula is C38H24N4. The van der Waals surface area contributed by atoms with E-state index in [1.807, 2.05) is 12.4 Å². The van der Waals surface area contributed by atoms with Crippen LogP contribution in [0.5, 0.6) is 0 Å². The van der Waals surface area contributed by atoms with Gasteiger partial charge in [-0.05, 0) is 47.5 Å². The van der Waals surface area contributed by atoms with E-state index in [0.717, 1.165) is 55.2 Å². The molecule has 0 amide bonds. The molecule has 0 saturated carbocycles. The quantitative estimate of drug-likeness (QED) is 0.225. The maximum Gasteiger partial charge on any atom is 0.115 e. The van der Waals surface area contributed by atoms with Crippen molar-refractivity contribution in [3.05, 3.63) is 146 Å². The Morgan fingerprint density at radius 3 is 1.33 bits per heavy atom. The normalized spacial score (nSPS) is 11.8. The van der Waals surface area contributed by atoms with Crippen LogP contribution in [0.1, 0.15) is 0 Å². The minimum Gasteiger partial charge on any atom is -0.307 e. The first-order valence-corrected chi connectivity index (χ1v) is 14.2. The van der Waals surface area contributed by atoms with Crippen molar-refractivity contribution in [2.45, 2.75) is 0 Å². The van der Waals surface area contributed by atoms with Gasteiger partial charge in [0, 0.05) is 45.3 Å². The van der Waals surface area contributed by atoms with Crippen molar-refractivity contribution in [2.24, 2.45) is 0 Å². The molecule has 9 aromatic rings. The lowest BCUT2D eigenvalue weighted by Crippen LogP contribution is -1.98. The summed E-state index contributed by atoms with van der Waals surface area (Å²) in [5, 5.41) is 4.53. The number of para-hydroxylation sites is 3. The van der Waals surface area contributed by atoms with Gasteiger partial charge in [-0.25, -0.2) is 0 Å². The molecule has 9 rings (SSSR count). The summed E-state index contributed by atoms with van der Waals surface area (Å²) in [7, 11) is 0. The highest BCUT2D eigenvalue weighted by molar-refractivity contribution is 6.23. The second-order valence-corrected chi connectivity index (χ2v) is 10.7. The van der Waals surface area contributed by atoms with E-state index in [4.69, 9.17) is 9.97 Å². The molecule has 42 heavy (non-hydrogen) atoms. The van der Waals surface area contributed by atoms with Crippen molar-refractivity contribution in [1.29, 1.82) is 0 Å². The molecule has 4 heteroatoms. The highest BCUT2D eigenvalue weighted by Crippen LogP contribution is 2.40. The maximum atomic E-state index is 5.14. The van der Waals surface area contributed by atoms with Crippen LogP contribution in [0.15, 0.2) is 146 Å². The molecule has 196 valence electrons. The SMILES string of the molecule is c1ccc(-c2ccc(-n3c4ccccc4c4cnc5c(ncc6c7ccccc7n(-c7ccccc7)c65)c43)cc2)cc1. The summed E-state index contributed by atoms with van der Waals surface area (Å²) in [5.74, 6) is 0. The van der Waals surface area contributed by atoms with Gasteiger partial charge < -0.3 is 9.13 Å². The minimum atomic E-state index is 0.892. The molecule has 0 atom stereocenters. The number of aromatic nitrogens is 4. The van der Waals surface area contributed by atoms with Crippen LogP contribution in [0.25, 0.3) is 77.1 Å². The average Bonchev–Trinajstić information content (AvgIpc) is 3.59. The lowest BCUT2D eigenvalue weighted by molar-refractivity contribution is 1.17. The highest BCUT2D eigenvalue weighted by atomic mass is 15.0. The van der Waals surface area contributed by atoms with Crippen molar-refractivity contribution in [2.75, 3.05) is 0 Å². The summed E-state index contributed by atoms with van der Waals surface area (Å²) in [4.78, 5) is 10.3. The molecule has 0 radical (unpaired) electrons. The molecule has 4 nitrogen and oxygen atoms in total. The van der Waals surface area contributed by atoms with Gasteiger partial charge in [-0.15, -0.1) is 0 Å². The Morgan fingerprint density at radius 2 is 0.786 bits per heavy atom. The maximum absolute atomic E-state index is 5.14. The van der Waals surface area contributed by atoms with Crippen molar-refractivity contribution >= 4 is 54.6 Å². The Bertz CT molecular complexity index is 2430. The van der Waals surface area contributed by atoms with Crippen molar-refractivity contribution in [1.82, 2.24) is 19.1 Å². The molecule has 0 spiro atoms. The van der Waals surface area contributed by atoms with Crippen molar-refractivity contribution < 1.29 is 0 Å². The molecule has 0 aliphatic rings. The standard InChI is InChI=1S/C38H24N4/c1-3-11-25(12-4-1)26-19-21-28(22-20-26)42-34-18-10-8-16-30(34)32-24-39-35-36(38(32)42)40-23-31-29-15-7-9-17-33(29)41(37(31)35)27-13-5-2-6-14-27/h1-24H. The predicted molar refractivity (Wildman–Crippen MR) is 174 cm³/mol. The molecule has 0 saturated heterocycles. The zero-order valence-electron chi connectivity index (χ0n) is 22.6. The zero-order valence-corrected chi connectivity index (χ0v) is 22.6. The largest absolute Gasteiger partial charge is 0.307 e. The molecule has 0 fully saturated rings. The molecule has 0 aliphatic heterocycles. The van der Waals surface area contributed by atoms with Gasteiger partial charge in [-0.2, -0.15) is 0 Å². The van der Waals surface area contributed by atoms with Crippen molar-refractivity contribution in [3.8, 4) is 22.5 Å². The van der Waals surface area contributed by atoms with E-state index in [1.54, 1.807) is 0 Å². The Labute approximate surface area is 241 Å². The summed E-state index contributed by atoms with van der Waals surface area (Å²) in [6.45, 7) is 0. The Kier molecular flexibility index (Phi) is 4.87. The lowest BCUT2D eigenvalue weighted by Gasteiger charge is -2.12. The van der Waals surface area contributed by atoms with Gasteiger partial charge in [-0.3, -0.25) is 9.97 Å². The van der Waals surface area contributed by atoms with Crippen LogP contribution in [0.3, 0.4) is 0 Å². The van der Waals surface area contributed by atoms with Crippen LogP contribution in [-0.2, 0) is 0 Å².